The highest BCUT2D eigenvalue weighted by Crippen LogP contribution is 2.17. The summed E-state index contributed by atoms with van der Waals surface area (Å²) in [5.74, 6) is 0.841. The Balaban J connectivity index is 1.51. The van der Waals surface area contributed by atoms with Crippen molar-refractivity contribution in [3.8, 4) is 0 Å². The fourth-order valence-corrected chi connectivity index (χ4v) is 3.60. The van der Waals surface area contributed by atoms with E-state index in [1.54, 1.807) is 11.3 Å². The molecule has 26 heavy (non-hydrogen) atoms. The molecule has 0 unspecified atom stereocenters. The molecule has 1 aromatic carbocycles. The van der Waals surface area contributed by atoms with Crippen molar-refractivity contribution in [1.29, 1.82) is 0 Å². The molecule has 0 aliphatic carbocycles. The minimum atomic E-state index is 0.612. The molecule has 3 aromatic rings. The minimum absolute atomic E-state index is 0.612. The first-order valence-corrected chi connectivity index (χ1v) is 9.84. The summed E-state index contributed by atoms with van der Waals surface area (Å²) in [7, 11) is 0. The smallest absolute Gasteiger partial charge is 0.191 e. The Labute approximate surface area is 158 Å². The molecule has 0 saturated heterocycles. The Hall–Kier alpha value is -2.41. The number of aliphatic imine (C=N–C) groups is 1. The number of aryl methyl sites for hydroxylation is 3. The third-order valence-corrected chi connectivity index (χ3v) is 5.24. The molecule has 0 amide bonds. The lowest BCUT2D eigenvalue weighted by Crippen LogP contribution is -2.38. The Kier molecular flexibility index (Phi) is 6.22. The number of rotatable bonds is 7. The van der Waals surface area contributed by atoms with Gasteiger partial charge in [0.25, 0.3) is 0 Å². The van der Waals surface area contributed by atoms with Gasteiger partial charge in [-0.2, -0.15) is 0 Å². The highest BCUT2D eigenvalue weighted by molar-refractivity contribution is 7.11. The molecule has 6 nitrogen and oxygen atoms in total. The maximum Gasteiger partial charge on any atom is 0.191 e. The summed E-state index contributed by atoms with van der Waals surface area (Å²) in [6, 6.07) is 8.23. The number of benzene rings is 1. The van der Waals surface area contributed by atoms with Crippen LogP contribution in [0.25, 0.3) is 11.0 Å². The van der Waals surface area contributed by atoms with Gasteiger partial charge in [-0.15, -0.1) is 11.3 Å². The van der Waals surface area contributed by atoms with Gasteiger partial charge >= 0.3 is 0 Å². The molecule has 0 fully saturated rings. The Morgan fingerprint density at radius 3 is 2.85 bits per heavy atom. The molecule has 2 aromatic heterocycles. The third-order valence-electron chi connectivity index (χ3n) is 4.19. The van der Waals surface area contributed by atoms with Gasteiger partial charge in [0.2, 0.25) is 0 Å². The quantitative estimate of drug-likeness (QED) is 0.381. The van der Waals surface area contributed by atoms with Crippen molar-refractivity contribution in [3.05, 3.63) is 46.2 Å². The predicted octanol–water partition coefficient (Wildman–Crippen LogP) is 3.26. The molecule has 7 heteroatoms. The molecular formula is C19H26N6S. The predicted molar refractivity (Wildman–Crippen MR) is 109 cm³/mol. The van der Waals surface area contributed by atoms with E-state index in [1.165, 1.54) is 10.4 Å². The van der Waals surface area contributed by atoms with Crippen LogP contribution in [0, 0.1) is 13.8 Å². The van der Waals surface area contributed by atoms with Crippen molar-refractivity contribution in [2.75, 3.05) is 13.1 Å². The molecular weight excluding hydrogens is 344 g/mol. The molecule has 0 bridgehead atoms. The van der Waals surface area contributed by atoms with E-state index in [0.29, 0.717) is 6.54 Å². The molecule has 0 radical (unpaired) electrons. The number of imidazole rings is 1. The van der Waals surface area contributed by atoms with E-state index in [-0.39, 0.29) is 0 Å². The first kappa shape index (κ1) is 18.4. The zero-order valence-corrected chi connectivity index (χ0v) is 16.4. The standard InChI is InChI=1S/C19H26N6S/c1-4-20-19(22-12-18-24-14(2)15(3)26-18)21-10-7-11-25-13-23-16-8-5-6-9-17(16)25/h5-6,8-9,13H,4,7,10-12H2,1-3H3,(H2,20,21,22). The van der Waals surface area contributed by atoms with Gasteiger partial charge in [0.05, 0.1) is 29.6 Å². The number of fused-ring (bicyclic) bond motifs is 1. The van der Waals surface area contributed by atoms with Crippen LogP contribution in [-0.2, 0) is 13.1 Å². The van der Waals surface area contributed by atoms with Gasteiger partial charge in [0, 0.05) is 24.5 Å². The average molecular weight is 371 g/mol. The second-order valence-electron chi connectivity index (χ2n) is 6.15. The Bertz CT molecular complexity index is 860. The fourth-order valence-electron chi connectivity index (χ4n) is 2.74. The topological polar surface area (TPSA) is 67.1 Å². The Morgan fingerprint density at radius 2 is 2.08 bits per heavy atom. The van der Waals surface area contributed by atoms with E-state index in [0.717, 1.165) is 48.2 Å². The SMILES string of the molecule is CCNC(=NCc1nc(C)c(C)s1)NCCCn1cnc2ccccc21. The monoisotopic (exact) mass is 370 g/mol. The summed E-state index contributed by atoms with van der Waals surface area (Å²) in [5.41, 5.74) is 3.33. The normalized spacial score (nSPS) is 11.9. The van der Waals surface area contributed by atoms with Gasteiger partial charge in [-0.05, 0) is 39.3 Å². The third kappa shape index (κ3) is 4.60. The van der Waals surface area contributed by atoms with Crippen LogP contribution in [-0.4, -0.2) is 33.6 Å². The molecule has 0 aliphatic heterocycles. The summed E-state index contributed by atoms with van der Waals surface area (Å²) in [6.45, 7) is 9.46. The van der Waals surface area contributed by atoms with Crippen LogP contribution in [0.15, 0.2) is 35.6 Å². The van der Waals surface area contributed by atoms with Crippen LogP contribution in [0.3, 0.4) is 0 Å². The summed E-state index contributed by atoms with van der Waals surface area (Å²) in [5, 5.41) is 7.76. The summed E-state index contributed by atoms with van der Waals surface area (Å²) in [6.07, 6.45) is 2.91. The van der Waals surface area contributed by atoms with Crippen molar-refractivity contribution in [3.63, 3.8) is 0 Å². The number of hydrogen-bond donors (Lipinski definition) is 2. The van der Waals surface area contributed by atoms with E-state index in [2.05, 4.69) is 56.1 Å². The van der Waals surface area contributed by atoms with Gasteiger partial charge < -0.3 is 15.2 Å². The molecule has 0 spiro atoms. The average Bonchev–Trinajstić information content (AvgIpc) is 3.20. The molecule has 2 heterocycles. The number of nitrogens with one attached hydrogen (secondary N) is 2. The first-order chi connectivity index (χ1) is 12.7. The van der Waals surface area contributed by atoms with E-state index < -0.39 is 0 Å². The summed E-state index contributed by atoms with van der Waals surface area (Å²) < 4.78 is 2.20. The lowest BCUT2D eigenvalue weighted by Gasteiger charge is -2.11. The lowest BCUT2D eigenvalue weighted by atomic mass is 10.3. The molecule has 3 rings (SSSR count). The van der Waals surface area contributed by atoms with Gasteiger partial charge in [0.15, 0.2) is 5.96 Å². The molecule has 138 valence electrons. The van der Waals surface area contributed by atoms with E-state index in [9.17, 15) is 0 Å². The van der Waals surface area contributed by atoms with Gasteiger partial charge in [-0.3, -0.25) is 0 Å². The van der Waals surface area contributed by atoms with Crippen molar-refractivity contribution in [2.45, 2.75) is 40.3 Å². The molecule has 0 saturated carbocycles. The Morgan fingerprint density at radius 1 is 1.23 bits per heavy atom. The van der Waals surface area contributed by atoms with Crippen LogP contribution >= 0.6 is 11.3 Å². The molecule has 0 atom stereocenters. The fraction of sp³-hybridized carbons (Fsp3) is 0.421. The second kappa shape index (κ2) is 8.80. The summed E-state index contributed by atoms with van der Waals surface area (Å²) >= 11 is 1.72. The maximum absolute atomic E-state index is 4.65. The zero-order chi connectivity index (χ0) is 18.4. The second-order valence-corrected chi connectivity index (χ2v) is 7.44. The highest BCUT2D eigenvalue weighted by Gasteiger charge is 2.04. The van der Waals surface area contributed by atoms with Crippen molar-refractivity contribution in [2.24, 2.45) is 4.99 Å². The van der Waals surface area contributed by atoms with Gasteiger partial charge in [-0.25, -0.2) is 15.0 Å². The lowest BCUT2D eigenvalue weighted by molar-refractivity contribution is 0.637. The number of hydrogen-bond acceptors (Lipinski definition) is 4. The van der Waals surface area contributed by atoms with Crippen molar-refractivity contribution >= 4 is 28.3 Å². The van der Waals surface area contributed by atoms with Crippen LogP contribution < -0.4 is 10.6 Å². The van der Waals surface area contributed by atoms with Gasteiger partial charge in [-0.1, -0.05) is 12.1 Å². The number of guanidine groups is 1. The largest absolute Gasteiger partial charge is 0.357 e. The van der Waals surface area contributed by atoms with Crippen LogP contribution in [0.5, 0.6) is 0 Å². The van der Waals surface area contributed by atoms with Gasteiger partial charge in [0.1, 0.15) is 5.01 Å². The van der Waals surface area contributed by atoms with Crippen LogP contribution in [0.2, 0.25) is 0 Å². The highest BCUT2D eigenvalue weighted by atomic mass is 32.1. The van der Waals surface area contributed by atoms with E-state index >= 15 is 0 Å². The number of aromatic nitrogens is 3. The molecule has 2 N–H and O–H groups in total. The maximum atomic E-state index is 4.65. The van der Waals surface area contributed by atoms with E-state index in [4.69, 9.17) is 0 Å². The van der Waals surface area contributed by atoms with Crippen LogP contribution in [0.4, 0.5) is 0 Å². The number of nitrogens with zero attached hydrogens (tertiary/aromatic N) is 4. The summed E-state index contributed by atoms with van der Waals surface area (Å²) in [4.78, 5) is 14.9. The first-order valence-electron chi connectivity index (χ1n) is 9.02. The van der Waals surface area contributed by atoms with Crippen LogP contribution in [0.1, 0.15) is 28.9 Å². The van der Waals surface area contributed by atoms with Crippen molar-refractivity contribution < 1.29 is 0 Å². The minimum Gasteiger partial charge on any atom is -0.357 e. The number of thiazole rings is 1. The molecule has 0 aliphatic rings. The van der Waals surface area contributed by atoms with E-state index in [1.807, 2.05) is 25.4 Å². The zero-order valence-electron chi connectivity index (χ0n) is 15.6. The van der Waals surface area contributed by atoms with Crippen molar-refractivity contribution in [1.82, 2.24) is 25.2 Å². The number of para-hydroxylation sites is 2.